The average Bonchev–Trinajstić information content (AvgIpc) is 2.45. The summed E-state index contributed by atoms with van der Waals surface area (Å²) in [6.07, 6.45) is -3.76. The minimum absolute atomic E-state index is 0.152. The third-order valence-electron chi connectivity index (χ3n) is 3.77. The second kappa shape index (κ2) is 6.64. The second-order valence-electron chi connectivity index (χ2n) is 5.83. The van der Waals surface area contributed by atoms with E-state index >= 15 is 0 Å². The lowest BCUT2D eigenvalue weighted by Gasteiger charge is -2.33. The van der Waals surface area contributed by atoms with Crippen molar-refractivity contribution >= 4 is 5.82 Å². The molecule has 1 aromatic rings. The molecule has 0 aromatic carbocycles. The summed E-state index contributed by atoms with van der Waals surface area (Å²) < 4.78 is 38.0. The Morgan fingerprint density at radius 3 is 2.52 bits per heavy atom. The molecule has 0 spiro atoms. The maximum atomic E-state index is 12.7. The van der Waals surface area contributed by atoms with Crippen LogP contribution in [0.4, 0.5) is 19.0 Å². The third kappa shape index (κ3) is 4.59. The molecule has 2 rings (SSSR count). The molecule has 21 heavy (non-hydrogen) atoms. The molecular weight excluding hydrogens is 279 g/mol. The molecule has 0 aliphatic carbocycles. The maximum Gasteiger partial charge on any atom is 0.391 e. The molecule has 1 aliphatic heterocycles. The van der Waals surface area contributed by atoms with E-state index in [0.29, 0.717) is 25.7 Å². The van der Waals surface area contributed by atoms with Crippen LogP contribution in [0.5, 0.6) is 0 Å². The van der Waals surface area contributed by atoms with Crippen LogP contribution >= 0.6 is 0 Å². The number of aromatic nitrogens is 1. The zero-order valence-electron chi connectivity index (χ0n) is 12.5. The Bertz CT molecular complexity index is 452. The van der Waals surface area contributed by atoms with Crippen LogP contribution in [-0.4, -0.2) is 30.3 Å². The van der Waals surface area contributed by atoms with Crippen molar-refractivity contribution in [2.75, 3.05) is 18.0 Å². The topological polar surface area (TPSA) is 28.2 Å². The van der Waals surface area contributed by atoms with Crippen LogP contribution in [0.2, 0.25) is 0 Å². The SMILES string of the molecule is CC(C)NCc1cccc(N2CCC(C(F)(F)F)CC2)n1. The molecule has 1 aliphatic rings. The van der Waals surface area contributed by atoms with E-state index in [4.69, 9.17) is 0 Å². The lowest BCUT2D eigenvalue weighted by atomic mass is 9.96. The van der Waals surface area contributed by atoms with Gasteiger partial charge < -0.3 is 10.2 Å². The molecule has 0 amide bonds. The first-order valence-corrected chi connectivity index (χ1v) is 7.37. The van der Waals surface area contributed by atoms with Gasteiger partial charge in [-0.15, -0.1) is 0 Å². The zero-order valence-corrected chi connectivity index (χ0v) is 12.5. The zero-order chi connectivity index (χ0) is 15.5. The van der Waals surface area contributed by atoms with Crippen LogP contribution in [0, 0.1) is 5.92 Å². The summed E-state index contributed by atoms with van der Waals surface area (Å²) in [5.41, 5.74) is 0.916. The summed E-state index contributed by atoms with van der Waals surface area (Å²) in [6.45, 7) is 5.62. The Labute approximate surface area is 123 Å². The van der Waals surface area contributed by atoms with Crippen molar-refractivity contribution < 1.29 is 13.2 Å². The molecule has 0 radical (unpaired) electrons. The molecule has 2 heterocycles. The largest absolute Gasteiger partial charge is 0.391 e. The predicted molar refractivity (Wildman–Crippen MR) is 77.2 cm³/mol. The smallest absolute Gasteiger partial charge is 0.357 e. The first-order chi connectivity index (χ1) is 9.86. The van der Waals surface area contributed by atoms with Crippen molar-refractivity contribution in [2.24, 2.45) is 5.92 Å². The first kappa shape index (κ1) is 16.1. The number of nitrogens with one attached hydrogen (secondary N) is 1. The predicted octanol–water partition coefficient (Wildman–Crippen LogP) is 3.36. The second-order valence-corrected chi connectivity index (χ2v) is 5.83. The van der Waals surface area contributed by atoms with Crippen LogP contribution < -0.4 is 10.2 Å². The molecule has 1 fully saturated rings. The average molecular weight is 301 g/mol. The number of nitrogens with zero attached hydrogens (tertiary/aromatic N) is 2. The number of anilines is 1. The molecule has 0 unspecified atom stereocenters. The third-order valence-corrected chi connectivity index (χ3v) is 3.77. The summed E-state index contributed by atoms with van der Waals surface area (Å²) in [6, 6.07) is 6.09. The van der Waals surface area contributed by atoms with Crippen molar-refractivity contribution in [3.63, 3.8) is 0 Å². The Kier molecular flexibility index (Phi) is 5.08. The molecular formula is C15H22F3N3. The van der Waals surface area contributed by atoms with E-state index in [-0.39, 0.29) is 12.8 Å². The minimum Gasteiger partial charge on any atom is -0.357 e. The van der Waals surface area contributed by atoms with Crippen molar-refractivity contribution in [3.8, 4) is 0 Å². The van der Waals surface area contributed by atoms with Gasteiger partial charge in [0.1, 0.15) is 5.82 Å². The van der Waals surface area contributed by atoms with E-state index in [2.05, 4.69) is 24.1 Å². The minimum atomic E-state index is -4.07. The van der Waals surface area contributed by atoms with E-state index < -0.39 is 12.1 Å². The van der Waals surface area contributed by atoms with Crippen LogP contribution in [0.25, 0.3) is 0 Å². The van der Waals surface area contributed by atoms with Crippen molar-refractivity contribution in [3.05, 3.63) is 23.9 Å². The fourth-order valence-electron chi connectivity index (χ4n) is 2.49. The summed E-state index contributed by atoms with van der Waals surface area (Å²) in [5, 5.41) is 3.29. The molecule has 1 saturated heterocycles. The van der Waals surface area contributed by atoms with Crippen LogP contribution in [0.3, 0.4) is 0 Å². The van der Waals surface area contributed by atoms with Gasteiger partial charge in [-0.1, -0.05) is 19.9 Å². The molecule has 1 aromatic heterocycles. The Hall–Kier alpha value is -1.30. The van der Waals surface area contributed by atoms with E-state index in [9.17, 15) is 13.2 Å². The van der Waals surface area contributed by atoms with Gasteiger partial charge in [-0.2, -0.15) is 13.2 Å². The molecule has 0 bridgehead atoms. The highest BCUT2D eigenvalue weighted by molar-refractivity contribution is 5.39. The van der Waals surface area contributed by atoms with Gasteiger partial charge in [-0.3, -0.25) is 0 Å². The molecule has 118 valence electrons. The van der Waals surface area contributed by atoms with Crippen LogP contribution in [0.1, 0.15) is 32.4 Å². The standard InChI is InChI=1S/C15H22F3N3/c1-11(2)19-10-13-4-3-5-14(20-13)21-8-6-12(7-9-21)15(16,17)18/h3-5,11-12,19H,6-10H2,1-2H3. The number of pyridine rings is 1. The van der Waals surface area contributed by atoms with Crippen molar-refractivity contribution in [2.45, 2.75) is 45.5 Å². The van der Waals surface area contributed by atoms with E-state index in [1.165, 1.54) is 0 Å². The van der Waals surface area contributed by atoms with Gasteiger partial charge in [0.05, 0.1) is 11.6 Å². The first-order valence-electron chi connectivity index (χ1n) is 7.37. The lowest BCUT2D eigenvalue weighted by Crippen LogP contribution is -2.39. The van der Waals surface area contributed by atoms with E-state index in [1.807, 2.05) is 23.1 Å². The van der Waals surface area contributed by atoms with Crippen LogP contribution in [0.15, 0.2) is 18.2 Å². The number of alkyl halides is 3. The maximum absolute atomic E-state index is 12.7. The number of halogens is 3. The summed E-state index contributed by atoms with van der Waals surface area (Å²) >= 11 is 0. The number of hydrogen-bond donors (Lipinski definition) is 1. The summed E-state index contributed by atoms with van der Waals surface area (Å²) in [7, 11) is 0. The fraction of sp³-hybridized carbons (Fsp3) is 0.667. The van der Waals surface area contributed by atoms with Crippen LogP contribution in [-0.2, 0) is 6.54 Å². The molecule has 1 N–H and O–H groups in total. The van der Waals surface area contributed by atoms with E-state index in [0.717, 1.165) is 11.5 Å². The highest BCUT2D eigenvalue weighted by Gasteiger charge is 2.41. The van der Waals surface area contributed by atoms with Gasteiger partial charge in [0.2, 0.25) is 0 Å². The molecule has 6 heteroatoms. The lowest BCUT2D eigenvalue weighted by molar-refractivity contribution is -0.179. The Balaban J connectivity index is 1.95. The number of piperidine rings is 1. The normalized spacial score (nSPS) is 17.5. The van der Waals surface area contributed by atoms with Gasteiger partial charge in [0, 0.05) is 25.7 Å². The Morgan fingerprint density at radius 2 is 1.95 bits per heavy atom. The molecule has 0 atom stereocenters. The monoisotopic (exact) mass is 301 g/mol. The van der Waals surface area contributed by atoms with E-state index in [1.54, 1.807) is 0 Å². The van der Waals surface area contributed by atoms with Gasteiger partial charge >= 0.3 is 6.18 Å². The molecule has 3 nitrogen and oxygen atoms in total. The van der Waals surface area contributed by atoms with Gasteiger partial charge in [-0.25, -0.2) is 4.98 Å². The highest BCUT2D eigenvalue weighted by atomic mass is 19.4. The van der Waals surface area contributed by atoms with Crippen molar-refractivity contribution in [1.29, 1.82) is 0 Å². The van der Waals surface area contributed by atoms with Gasteiger partial charge in [0.25, 0.3) is 0 Å². The summed E-state index contributed by atoms with van der Waals surface area (Å²) in [4.78, 5) is 6.48. The fourth-order valence-corrected chi connectivity index (χ4v) is 2.49. The molecule has 0 saturated carbocycles. The number of rotatable bonds is 4. The highest BCUT2D eigenvalue weighted by Crippen LogP contribution is 2.34. The number of hydrogen-bond acceptors (Lipinski definition) is 3. The van der Waals surface area contributed by atoms with Gasteiger partial charge in [-0.05, 0) is 25.0 Å². The Morgan fingerprint density at radius 1 is 1.29 bits per heavy atom. The summed E-state index contributed by atoms with van der Waals surface area (Å²) in [5.74, 6) is -0.391. The quantitative estimate of drug-likeness (QED) is 0.924. The van der Waals surface area contributed by atoms with Crippen molar-refractivity contribution in [1.82, 2.24) is 10.3 Å². The van der Waals surface area contributed by atoms with Gasteiger partial charge in [0.15, 0.2) is 0 Å².